The molecule has 0 aromatic rings. The Balaban J connectivity index is 1.81. The van der Waals surface area contributed by atoms with Gasteiger partial charge in [0.05, 0.1) is 0 Å². The highest BCUT2D eigenvalue weighted by molar-refractivity contribution is 5.74. The second-order valence-corrected chi connectivity index (χ2v) is 4.59. The summed E-state index contributed by atoms with van der Waals surface area (Å²) in [5, 5.41) is 9.01. The number of hydrogen-bond donors (Lipinski definition) is 1. The van der Waals surface area contributed by atoms with Gasteiger partial charge >= 0.3 is 6.03 Å². The predicted octanol–water partition coefficient (Wildman–Crippen LogP) is 0.907. The Morgan fingerprint density at radius 2 is 1.60 bits per heavy atom. The van der Waals surface area contributed by atoms with E-state index in [2.05, 4.69) is 0 Å². The number of hydrogen-bond acceptors (Lipinski definition) is 2. The molecule has 86 valence electrons. The molecule has 2 heterocycles. The Bertz CT molecular complexity index is 219. The first-order chi connectivity index (χ1) is 7.31. The summed E-state index contributed by atoms with van der Waals surface area (Å²) in [5.74, 6) is 0.410. The highest BCUT2D eigenvalue weighted by Crippen LogP contribution is 2.19. The van der Waals surface area contributed by atoms with Gasteiger partial charge in [-0.1, -0.05) is 0 Å². The topological polar surface area (TPSA) is 43.8 Å². The standard InChI is InChI=1S/C11H20N2O2/c14-9-10-3-7-13(8-4-10)11(15)12-5-1-2-6-12/h10,14H,1-9H2. The number of aliphatic hydroxyl groups is 1. The third-order valence-corrected chi connectivity index (χ3v) is 3.52. The van der Waals surface area contributed by atoms with Crippen LogP contribution < -0.4 is 0 Å². The number of amides is 2. The van der Waals surface area contributed by atoms with Crippen LogP contribution in [0.15, 0.2) is 0 Å². The second-order valence-electron chi connectivity index (χ2n) is 4.59. The van der Waals surface area contributed by atoms with Crippen LogP contribution in [0, 0.1) is 5.92 Å². The highest BCUT2D eigenvalue weighted by Gasteiger charge is 2.27. The molecule has 4 heteroatoms. The van der Waals surface area contributed by atoms with Crippen LogP contribution >= 0.6 is 0 Å². The molecule has 0 atom stereocenters. The van der Waals surface area contributed by atoms with Crippen LogP contribution in [-0.2, 0) is 0 Å². The molecule has 0 radical (unpaired) electrons. The monoisotopic (exact) mass is 212 g/mol. The van der Waals surface area contributed by atoms with Crippen molar-refractivity contribution in [2.75, 3.05) is 32.8 Å². The van der Waals surface area contributed by atoms with Crippen molar-refractivity contribution >= 4 is 6.03 Å². The molecule has 2 aliphatic heterocycles. The van der Waals surface area contributed by atoms with Crippen LogP contribution in [0.3, 0.4) is 0 Å². The fraction of sp³-hybridized carbons (Fsp3) is 0.909. The van der Waals surface area contributed by atoms with Crippen LogP contribution in [0.2, 0.25) is 0 Å². The molecule has 2 aliphatic rings. The summed E-state index contributed by atoms with van der Waals surface area (Å²) in [7, 11) is 0. The molecule has 2 amide bonds. The van der Waals surface area contributed by atoms with E-state index in [-0.39, 0.29) is 12.6 Å². The lowest BCUT2D eigenvalue weighted by atomic mass is 9.98. The van der Waals surface area contributed by atoms with Crippen LogP contribution in [0.4, 0.5) is 4.79 Å². The van der Waals surface area contributed by atoms with Crippen molar-refractivity contribution < 1.29 is 9.90 Å². The van der Waals surface area contributed by atoms with Crippen LogP contribution in [0.1, 0.15) is 25.7 Å². The first-order valence-corrected chi connectivity index (χ1v) is 5.96. The molecule has 4 nitrogen and oxygen atoms in total. The summed E-state index contributed by atoms with van der Waals surface area (Å²) in [6, 6.07) is 0.212. The molecule has 1 N–H and O–H groups in total. The van der Waals surface area contributed by atoms with E-state index in [1.54, 1.807) is 0 Å². The highest BCUT2D eigenvalue weighted by atomic mass is 16.3. The van der Waals surface area contributed by atoms with Gasteiger partial charge in [0, 0.05) is 32.8 Å². The third kappa shape index (κ3) is 2.43. The molecule has 2 rings (SSSR count). The van der Waals surface area contributed by atoms with Crippen molar-refractivity contribution in [3.8, 4) is 0 Å². The quantitative estimate of drug-likeness (QED) is 0.702. The van der Waals surface area contributed by atoms with E-state index in [4.69, 9.17) is 5.11 Å². The third-order valence-electron chi connectivity index (χ3n) is 3.52. The SMILES string of the molecule is O=C(N1CCCC1)N1CCC(CO)CC1. The molecule has 0 bridgehead atoms. The molecule has 0 saturated carbocycles. The molecule has 0 aromatic carbocycles. The van der Waals surface area contributed by atoms with Crippen molar-refractivity contribution in [3.63, 3.8) is 0 Å². The number of rotatable bonds is 1. The molecule has 0 spiro atoms. The summed E-state index contributed by atoms with van der Waals surface area (Å²) in [6.45, 7) is 3.77. The van der Waals surface area contributed by atoms with Gasteiger partial charge in [-0.15, -0.1) is 0 Å². The summed E-state index contributed by atoms with van der Waals surface area (Å²) in [6.07, 6.45) is 4.21. The maximum absolute atomic E-state index is 12.0. The summed E-state index contributed by atoms with van der Waals surface area (Å²) in [4.78, 5) is 15.9. The maximum Gasteiger partial charge on any atom is 0.319 e. The molecule has 15 heavy (non-hydrogen) atoms. The van der Waals surface area contributed by atoms with Gasteiger partial charge in [0.25, 0.3) is 0 Å². The smallest absolute Gasteiger partial charge is 0.319 e. The van der Waals surface area contributed by atoms with Crippen molar-refractivity contribution in [2.24, 2.45) is 5.92 Å². The minimum Gasteiger partial charge on any atom is -0.396 e. The first kappa shape index (κ1) is 10.7. The Morgan fingerprint density at radius 3 is 2.13 bits per heavy atom. The normalized spacial score (nSPS) is 23.5. The van der Waals surface area contributed by atoms with Gasteiger partial charge < -0.3 is 14.9 Å². The van der Waals surface area contributed by atoms with Gasteiger partial charge in [-0.2, -0.15) is 0 Å². The fourth-order valence-electron chi connectivity index (χ4n) is 2.42. The zero-order valence-electron chi connectivity index (χ0n) is 9.19. The molecular formula is C11H20N2O2. The molecule has 0 aliphatic carbocycles. The van der Waals surface area contributed by atoms with Crippen LogP contribution in [0.5, 0.6) is 0 Å². The number of likely N-dealkylation sites (tertiary alicyclic amines) is 2. The average Bonchev–Trinajstić information content (AvgIpc) is 2.82. The number of nitrogens with zero attached hydrogens (tertiary/aromatic N) is 2. The minimum absolute atomic E-state index is 0.212. The average molecular weight is 212 g/mol. The van der Waals surface area contributed by atoms with E-state index in [9.17, 15) is 4.79 Å². The van der Waals surface area contributed by atoms with E-state index in [0.29, 0.717) is 5.92 Å². The molecule has 0 unspecified atom stereocenters. The Labute approximate surface area is 90.9 Å². The van der Waals surface area contributed by atoms with Crippen LogP contribution in [0.25, 0.3) is 0 Å². The van der Waals surface area contributed by atoms with E-state index in [0.717, 1.165) is 51.9 Å². The largest absolute Gasteiger partial charge is 0.396 e. The predicted molar refractivity (Wildman–Crippen MR) is 57.6 cm³/mol. The van der Waals surface area contributed by atoms with Gasteiger partial charge in [0.2, 0.25) is 0 Å². The number of carbonyl (C=O) groups is 1. The number of piperidine rings is 1. The zero-order chi connectivity index (χ0) is 10.7. The Kier molecular flexibility index (Phi) is 3.46. The van der Waals surface area contributed by atoms with Gasteiger partial charge in [-0.05, 0) is 31.6 Å². The lowest BCUT2D eigenvalue weighted by molar-refractivity contribution is 0.119. The molecule has 2 saturated heterocycles. The number of carbonyl (C=O) groups excluding carboxylic acids is 1. The van der Waals surface area contributed by atoms with Gasteiger partial charge in [0.1, 0.15) is 0 Å². The van der Waals surface area contributed by atoms with Crippen molar-refractivity contribution in [1.82, 2.24) is 9.80 Å². The zero-order valence-corrected chi connectivity index (χ0v) is 9.19. The Hall–Kier alpha value is -0.770. The first-order valence-electron chi connectivity index (χ1n) is 5.96. The van der Waals surface area contributed by atoms with Crippen molar-refractivity contribution in [1.29, 1.82) is 0 Å². The minimum atomic E-state index is 0.212. The summed E-state index contributed by atoms with van der Waals surface area (Å²) >= 11 is 0. The maximum atomic E-state index is 12.0. The fourth-order valence-corrected chi connectivity index (χ4v) is 2.42. The number of urea groups is 1. The van der Waals surface area contributed by atoms with Crippen molar-refractivity contribution in [2.45, 2.75) is 25.7 Å². The van der Waals surface area contributed by atoms with Crippen LogP contribution in [-0.4, -0.2) is 53.7 Å². The molecule has 0 aromatic heterocycles. The van der Waals surface area contributed by atoms with E-state index in [1.807, 2.05) is 9.80 Å². The second kappa shape index (κ2) is 4.84. The Morgan fingerprint density at radius 1 is 1.07 bits per heavy atom. The molecular weight excluding hydrogens is 192 g/mol. The van der Waals surface area contributed by atoms with Gasteiger partial charge in [0.15, 0.2) is 0 Å². The van der Waals surface area contributed by atoms with E-state index < -0.39 is 0 Å². The van der Waals surface area contributed by atoms with Gasteiger partial charge in [-0.25, -0.2) is 4.79 Å². The lowest BCUT2D eigenvalue weighted by Gasteiger charge is -2.33. The van der Waals surface area contributed by atoms with Crippen molar-refractivity contribution in [3.05, 3.63) is 0 Å². The van der Waals surface area contributed by atoms with E-state index in [1.165, 1.54) is 0 Å². The summed E-state index contributed by atoms with van der Waals surface area (Å²) < 4.78 is 0. The number of aliphatic hydroxyl groups excluding tert-OH is 1. The van der Waals surface area contributed by atoms with Gasteiger partial charge in [-0.3, -0.25) is 0 Å². The van der Waals surface area contributed by atoms with E-state index >= 15 is 0 Å². The lowest BCUT2D eigenvalue weighted by Crippen LogP contribution is -2.46. The summed E-state index contributed by atoms with van der Waals surface area (Å²) in [5.41, 5.74) is 0. The molecule has 2 fully saturated rings.